The molecule has 0 saturated carbocycles. The average molecular weight is 306 g/mol. The molecule has 0 spiro atoms. The first kappa shape index (κ1) is 14.3. The van der Waals surface area contributed by atoms with Gasteiger partial charge in [-0.15, -0.1) is 0 Å². The van der Waals surface area contributed by atoms with Crippen molar-refractivity contribution in [3.05, 3.63) is 54.1 Å². The fraction of sp³-hybridized carbons (Fsp3) is 0. The lowest BCUT2D eigenvalue weighted by Gasteiger charge is -2.09. The molecule has 23 heavy (non-hydrogen) atoms. The number of aromatic nitrogens is 2. The summed E-state index contributed by atoms with van der Waals surface area (Å²) in [6.45, 7) is 0. The number of fused-ring (bicyclic) bond motifs is 1. The van der Waals surface area contributed by atoms with Crippen molar-refractivity contribution in [1.82, 2.24) is 9.97 Å². The topological polar surface area (TPSA) is 122 Å². The number of nitrogens with two attached hydrogens (primary N) is 1. The molecule has 3 rings (SSSR count). The van der Waals surface area contributed by atoms with E-state index in [0.717, 1.165) is 0 Å². The fourth-order valence-electron chi connectivity index (χ4n) is 2.14. The smallest absolute Gasteiger partial charge is 0.271 e. The molecule has 0 radical (unpaired) electrons. The standard InChI is InChI=1S/C16H10N4O3/c17-7-13-12-6-9(23-10-2-1-5-19-8-10)3-4-11(12)15(21)14(20-13)16(18)22/h1-6,8,21H,(H2,18,22). The molecule has 0 aliphatic carbocycles. The molecular formula is C16H10N4O3. The first-order valence-electron chi connectivity index (χ1n) is 6.54. The van der Waals surface area contributed by atoms with Gasteiger partial charge in [0.05, 0.1) is 6.20 Å². The van der Waals surface area contributed by atoms with Crippen molar-refractivity contribution in [2.45, 2.75) is 0 Å². The Hall–Kier alpha value is -3.66. The van der Waals surface area contributed by atoms with Crippen LogP contribution in [-0.2, 0) is 0 Å². The number of rotatable bonds is 3. The minimum Gasteiger partial charge on any atom is -0.505 e. The second-order valence-electron chi connectivity index (χ2n) is 4.63. The van der Waals surface area contributed by atoms with Crippen LogP contribution < -0.4 is 10.5 Å². The van der Waals surface area contributed by atoms with Gasteiger partial charge in [0.2, 0.25) is 0 Å². The molecule has 2 aromatic heterocycles. The molecule has 2 heterocycles. The van der Waals surface area contributed by atoms with Gasteiger partial charge in [0.15, 0.2) is 11.4 Å². The summed E-state index contributed by atoms with van der Waals surface area (Å²) in [6, 6.07) is 10.0. The van der Waals surface area contributed by atoms with Crippen LogP contribution in [0.15, 0.2) is 42.7 Å². The third kappa shape index (κ3) is 2.61. The van der Waals surface area contributed by atoms with E-state index >= 15 is 0 Å². The van der Waals surface area contributed by atoms with Crippen LogP contribution in [0.2, 0.25) is 0 Å². The van der Waals surface area contributed by atoms with E-state index in [1.165, 1.54) is 6.07 Å². The molecule has 7 nitrogen and oxygen atoms in total. The maximum atomic E-state index is 11.3. The number of hydrogen-bond acceptors (Lipinski definition) is 6. The number of hydrogen-bond donors (Lipinski definition) is 2. The number of amides is 1. The number of nitrogens with zero attached hydrogens (tertiary/aromatic N) is 3. The van der Waals surface area contributed by atoms with Gasteiger partial charge >= 0.3 is 0 Å². The van der Waals surface area contributed by atoms with Crippen LogP contribution >= 0.6 is 0 Å². The Labute approximate surface area is 130 Å². The Kier molecular flexibility index (Phi) is 3.49. The maximum Gasteiger partial charge on any atom is 0.271 e. The van der Waals surface area contributed by atoms with Crippen molar-refractivity contribution in [2.75, 3.05) is 0 Å². The second kappa shape index (κ2) is 5.61. The highest BCUT2D eigenvalue weighted by molar-refractivity contribution is 6.02. The second-order valence-corrected chi connectivity index (χ2v) is 4.63. The molecule has 0 aliphatic heterocycles. The quantitative estimate of drug-likeness (QED) is 0.764. The zero-order chi connectivity index (χ0) is 16.4. The summed E-state index contributed by atoms with van der Waals surface area (Å²) in [5.74, 6) is -0.303. The van der Waals surface area contributed by atoms with Gasteiger partial charge in [0.1, 0.15) is 23.3 Å². The number of aromatic hydroxyl groups is 1. The van der Waals surface area contributed by atoms with Gasteiger partial charge in [-0.25, -0.2) is 4.98 Å². The predicted octanol–water partition coefficient (Wildman–Crippen LogP) is 2.10. The Bertz CT molecular complexity index is 949. The molecular weight excluding hydrogens is 296 g/mol. The van der Waals surface area contributed by atoms with Crippen molar-refractivity contribution in [2.24, 2.45) is 5.73 Å². The van der Waals surface area contributed by atoms with Gasteiger partial charge in [0.25, 0.3) is 5.91 Å². The molecule has 0 aliphatic rings. The minimum atomic E-state index is -0.906. The van der Waals surface area contributed by atoms with E-state index in [-0.39, 0.29) is 17.1 Å². The minimum absolute atomic E-state index is 0.0248. The summed E-state index contributed by atoms with van der Waals surface area (Å²) in [5.41, 5.74) is 4.80. The van der Waals surface area contributed by atoms with Crippen molar-refractivity contribution in [3.63, 3.8) is 0 Å². The predicted molar refractivity (Wildman–Crippen MR) is 81.0 cm³/mol. The zero-order valence-electron chi connectivity index (χ0n) is 11.7. The van der Waals surface area contributed by atoms with Gasteiger partial charge in [-0.2, -0.15) is 5.26 Å². The lowest BCUT2D eigenvalue weighted by molar-refractivity contribution is 0.0993. The molecule has 112 valence electrons. The van der Waals surface area contributed by atoms with E-state index in [1.807, 2.05) is 6.07 Å². The number of carbonyl (C=O) groups is 1. The normalized spacial score (nSPS) is 10.2. The fourth-order valence-corrected chi connectivity index (χ4v) is 2.14. The summed E-state index contributed by atoms with van der Waals surface area (Å²) in [7, 11) is 0. The zero-order valence-corrected chi connectivity index (χ0v) is 11.7. The number of ether oxygens (including phenoxy) is 1. The summed E-state index contributed by atoms with van der Waals surface area (Å²) >= 11 is 0. The number of benzene rings is 1. The van der Waals surface area contributed by atoms with Crippen molar-refractivity contribution in [1.29, 1.82) is 5.26 Å². The molecule has 7 heteroatoms. The average Bonchev–Trinajstić information content (AvgIpc) is 2.56. The highest BCUT2D eigenvalue weighted by Gasteiger charge is 2.17. The summed E-state index contributed by atoms with van der Waals surface area (Å²) in [4.78, 5) is 19.1. The van der Waals surface area contributed by atoms with Gasteiger partial charge < -0.3 is 15.6 Å². The van der Waals surface area contributed by atoms with Gasteiger partial charge in [-0.1, -0.05) is 0 Å². The Morgan fingerprint density at radius 2 is 2.09 bits per heavy atom. The summed E-state index contributed by atoms with van der Waals surface area (Å²) in [6.07, 6.45) is 3.16. The van der Waals surface area contributed by atoms with Crippen molar-refractivity contribution < 1.29 is 14.6 Å². The number of primary amides is 1. The Morgan fingerprint density at radius 3 is 2.74 bits per heavy atom. The van der Waals surface area contributed by atoms with Crippen molar-refractivity contribution >= 4 is 16.7 Å². The van der Waals surface area contributed by atoms with E-state index in [9.17, 15) is 15.2 Å². The molecule has 0 fully saturated rings. The molecule has 1 aromatic carbocycles. The van der Waals surface area contributed by atoms with Gasteiger partial charge in [-0.3, -0.25) is 9.78 Å². The first-order valence-corrected chi connectivity index (χ1v) is 6.54. The van der Waals surface area contributed by atoms with E-state index in [4.69, 9.17) is 10.5 Å². The maximum absolute atomic E-state index is 11.3. The number of carbonyl (C=O) groups excluding carboxylic acids is 1. The monoisotopic (exact) mass is 306 g/mol. The van der Waals surface area contributed by atoms with Crippen LogP contribution in [0.25, 0.3) is 10.8 Å². The van der Waals surface area contributed by atoms with E-state index in [2.05, 4.69) is 9.97 Å². The van der Waals surface area contributed by atoms with Gasteiger partial charge in [-0.05, 0) is 30.3 Å². The molecule has 1 amide bonds. The highest BCUT2D eigenvalue weighted by atomic mass is 16.5. The van der Waals surface area contributed by atoms with E-state index < -0.39 is 5.91 Å². The van der Waals surface area contributed by atoms with Crippen LogP contribution in [-0.4, -0.2) is 21.0 Å². The Morgan fingerprint density at radius 1 is 1.26 bits per heavy atom. The molecule has 0 atom stereocenters. The molecule has 0 bridgehead atoms. The number of pyridine rings is 2. The number of nitriles is 1. The van der Waals surface area contributed by atoms with Crippen LogP contribution in [0.1, 0.15) is 16.2 Å². The van der Waals surface area contributed by atoms with Crippen LogP contribution in [0, 0.1) is 11.3 Å². The molecule has 0 unspecified atom stereocenters. The molecule has 3 N–H and O–H groups in total. The van der Waals surface area contributed by atoms with Crippen LogP contribution in [0.3, 0.4) is 0 Å². The van der Waals surface area contributed by atoms with E-state index in [0.29, 0.717) is 22.3 Å². The van der Waals surface area contributed by atoms with Crippen molar-refractivity contribution in [3.8, 4) is 23.3 Å². The third-order valence-corrected chi connectivity index (χ3v) is 3.16. The van der Waals surface area contributed by atoms with Crippen LogP contribution in [0.5, 0.6) is 17.2 Å². The lowest BCUT2D eigenvalue weighted by Crippen LogP contribution is -2.14. The molecule has 3 aromatic rings. The largest absolute Gasteiger partial charge is 0.505 e. The molecule has 0 saturated heterocycles. The van der Waals surface area contributed by atoms with Gasteiger partial charge in [0, 0.05) is 17.0 Å². The third-order valence-electron chi connectivity index (χ3n) is 3.16. The summed E-state index contributed by atoms with van der Waals surface area (Å²) in [5, 5.41) is 20.0. The first-order chi connectivity index (χ1) is 11.1. The lowest BCUT2D eigenvalue weighted by atomic mass is 10.1. The van der Waals surface area contributed by atoms with E-state index in [1.54, 1.807) is 36.7 Å². The SMILES string of the molecule is N#Cc1nc(C(N)=O)c(O)c2ccc(Oc3cccnc3)cc12. The highest BCUT2D eigenvalue weighted by Crippen LogP contribution is 2.33. The summed E-state index contributed by atoms with van der Waals surface area (Å²) < 4.78 is 5.63. The Balaban J connectivity index is 2.15. The van der Waals surface area contributed by atoms with Crippen LogP contribution in [0.4, 0.5) is 0 Å².